The van der Waals surface area contributed by atoms with Crippen molar-refractivity contribution in [2.24, 2.45) is 0 Å². The van der Waals surface area contributed by atoms with Crippen LogP contribution in [0.3, 0.4) is 0 Å². The summed E-state index contributed by atoms with van der Waals surface area (Å²) in [7, 11) is 1.58. The van der Waals surface area contributed by atoms with Gasteiger partial charge in [0.1, 0.15) is 11.5 Å². The van der Waals surface area contributed by atoms with Gasteiger partial charge in [0, 0.05) is 30.4 Å². The number of benzene rings is 2. The van der Waals surface area contributed by atoms with E-state index in [0.29, 0.717) is 30.4 Å². The average molecular weight is 420 g/mol. The summed E-state index contributed by atoms with van der Waals surface area (Å²) in [5, 5.41) is 11.5. The monoisotopic (exact) mass is 420 g/mol. The van der Waals surface area contributed by atoms with E-state index in [1.165, 1.54) is 0 Å². The highest BCUT2D eigenvalue weighted by Gasteiger charge is 2.13. The Balaban J connectivity index is 1.31. The van der Waals surface area contributed by atoms with Crippen molar-refractivity contribution in [3.63, 3.8) is 0 Å². The zero-order valence-electron chi connectivity index (χ0n) is 17.3. The quantitative estimate of drug-likeness (QED) is 0.629. The van der Waals surface area contributed by atoms with Crippen molar-refractivity contribution in [3.8, 4) is 22.8 Å². The molecule has 1 aliphatic heterocycles. The van der Waals surface area contributed by atoms with E-state index >= 15 is 0 Å². The second kappa shape index (κ2) is 9.90. The van der Waals surface area contributed by atoms with E-state index < -0.39 is 0 Å². The van der Waals surface area contributed by atoms with E-state index in [4.69, 9.17) is 14.2 Å². The standard InChI is InChI=1S/C23H24N4O4/c1-29-19-3-2-4-20(15-19)31-16-23(28)24-18-7-5-17(6-8-18)21-9-10-22(26-25-21)27-11-13-30-14-12-27/h2-10,15H,11-14,16H2,1H3,(H,24,28). The Morgan fingerprint density at radius 2 is 1.81 bits per heavy atom. The van der Waals surface area contributed by atoms with Gasteiger partial charge in [0.15, 0.2) is 12.4 Å². The SMILES string of the molecule is COc1cccc(OCC(=O)Nc2ccc(-c3ccc(N4CCOCC4)nn3)cc2)c1. The van der Waals surface area contributed by atoms with Gasteiger partial charge < -0.3 is 24.4 Å². The molecular formula is C23H24N4O4. The van der Waals surface area contributed by atoms with Crippen molar-refractivity contribution in [3.05, 3.63) is 60.7 Å². The number of nitrogens with zero attached hydrogens (tertiary/aromatic N) is 3. The van der Waals surface area contributed by atoms with Crippen LogP contribution in [0.4, 0.5) is 11.5 Å². The average Bonchev–Trinajstić information content (AvgIpc) is 2.84. The van der Waals surface area contributed by atoms with E-state index in [-0.39, 0.29) is 12.5 Å². The molecule has 0 spiro atoms. The highest BCUT2D eigenvalue weighted by molar-refractivity contribution is 5.92. The molecule has 8 nitrogen and oxygen atoms in total. The fraction of sp³-hybridized carbons (Fsp3) is 0.261. The number of hydrogen-bond acceptors (Lipinski definition) is 7. The zero-order valence-corrected chi connectivity index (χ0v) is 17.3. The molecule has 8 heteroatoms. The molecule has 4 rings (SSSR count). The van der Waals surface area contributed by atoms with Gasteiger partial charge in [0.05, 0.1) is 26.0 Å². The Bertz CT molecular complexity index is 1000. The fourth-order valence-corrected chi connectivity index (χ4v) is 3.20. The number of carbonyl (C=O) groups is 1. The molecule has 2 aromatic carbocycles. The second-order valence-corrected chi connectivity index (χ2v) is 6.97. The molecule has 0 radical (unpaired) electrons. The number of ether oxygens (including phenoxy) is 3. The maximum absolute atomic E-state index is 12.2. The number of amides is 1. The van der Waals surface area contributed by atoms with Crippen LogP contribution in [0, 0.1) is 0 Å². The molecule has 1 aromatic heterocycles. The largest absolute Gasteiger partial charge is 0.497 e. The minimum absolute atomic E-state index is 0.0939. The van der Waals surface area contributed by atoms with Crippen molar-refractivity contribution < 1.29 is 19.0 Å². The van der Waals surface area contributed by atoms with Crippen molar-refractivity contribution in [1.29, 1.82) is 0 Å². The van der Waals surface area contributed by atoms with E-state index in [2.05, 4.69) is 20.4 Å². The molecule has 1 amide bonds. The van der Waals surface area contributed by atoms with Crippen molar-refractivity contribution in [1.82, 2.24) is 10.2 Å². The number of anilines is 2. The number of morpholine rings is 1. The topological polar surface area (TPSA) is 85.8 Å². The van der Waals surface area contributed by atoms with Crippen LogP contribution in [-0.4, -0.2) is 56.1 Å². The van der Waals surface area contributed by atoms with Crippen LogP contribution >= 0.6 is 0 Å². The number of methoxy groups -OCH3 is 1. The molecule has 0 bridgehead atoms. The summed E-state index contributed by atoms with van der Waals surface area (Å²) < 4.78 is 16.0. The first-order chi connectivity index (χ1) is 15.2. The molecule has 1 fully saturated rings. The molecule has 0 aliphatic carbocycles. The van der Waals surface area contributed by atoms with Gasteiger partial charge in [-0.1, -0.05) is 18.2 Å². The van der Waals surface area contributed by atoms with E-state index in [1.807, 2.05) is 42.5 Å². The maximum atomic E-state index is 12.2. The Labute approximate surface area is 180 Å². The Morgan fingerprint density at radius 3 is 2.52 bits per heavy atom. The summed E-state index contributed by atoms with van der Waals surface area (Å²) in [4.78, 5) is 14.3. The van der Waals surface area contributed by atoms with Crippen molar-refractivity contribution in [2.75, 3.05) is 50.2 Å². The van der Waals surface area contributed by atoms with Crippen LogP contribution in [0.25, 0.3) is 11.3 Å². The number of aromatic nitrogens is 2. The van der Waals surface area contributed by atoms with Crippen LogP contribution in [0.1, 0.15) is 0 Å². The van der Waals surface area contributed by atoms with Gasteiger partial charge in [-0.25, -0.2) is 0 Å². The third-order valence-corrected chi connectivity index (χ3v) is 4.86. The lowest BCUT2D eigenvalue weighted by Crippen LogP contribution is -2.36. The van der Waals surface area contributed by atoms with E-state index in [9.17, 15) is 4.79 Å². The lowest BCUT2D eigenvalue weighted by molar-refractivity contribution is -0.118. The van der Waals surface area contributed by atoms with Crippen LogP contribution in [0.2, 0.25) is 0 Å². The first kappa shape index (κ1) is 20.6. The van der Waals surface area contributed by atoms with Crippen LogP contribution < -0.4 is 19.7 Å². The minimum atomic E-state index is -0.245. The van der Waals surface area contributed by atoms with E-state index in [0.717, 1.165) is 30.2 Å². The number of hydrogen-bond donors (Lipinski definition) is 1. The summed E-state index contributed by atoms with van der Waals surface area (Å²) in [6, 6.07) is 18.5. The number of carbonyl (C=O) groups excluding carboxylic acids is 1. The maximum Gasteiger partial charge on any atom is 0.262 e. The lowest BCUT2D eigenvalue weighted by Gasteiger charge is -2.27. The van der Waals surface area contributed by atoms with Gasteiger partial charge in [0.2, 0.25) is 0 Å². The fourth-order valence-electron chi connectivity index (χ4n) is 3.20. The predicted molar refractivity (Wildman–Crippen MR) is 118 cm³/mol. The zero-order chi connectivity index (χ0) is 21.5. The first-order valence-corrected chi connectivity index (χ1v) is 10.0. The number of nitrogens with one attached hydrogen (secondary N) is 1. The van der Waals surface area contributed by atoms with Gasteiger partial charge in [-0.3, -0.25) is 4.79 Å². The molecule has 160 valence electrons. The van der Waals surface area contributed by atoms with Gasteiger partial charge in [-0.15, -0.1) is 10.2 Å². The normalized spacial score (nSPS) is 13.5. The second-order valence-electron chi connectivity index (χ2n) is 6.97. The third-order valence-electron chi connectivity index (χ3n) is 4.86. The van der Waals surface area contributed by atoms with Crippen LogP contribution in [0.5, 0.6) is 11.5 Å². The van der Waals surface area contributed by atoms with E-state index in [1.54, 1.807) is 25.3 Å². The van der Waals surface area contributed by atoms with Crippen LogP contribution in [0.15, 0.2) is 60.7 Å². The Morgan fingerprint density at radius 1 is 1.03 bits per heavy atom. The van der Waals surface area contributed by atoms with Gasteiger partial charge in [-0.05, 0) is 36.4 Å². The smallest absolute Gasteiger partial charge is 0.262 e. The molecule has 0 unspecified atom stereocenters. The number of rotatable bonds is 7. The summed E-state index contributed by atoms with van der Waals surface area (Å²) >= 11 is 0. The summed E-state index contributed by atoms with van der Waals surface area (Å²) in [6.07, 6.45) is 0. The van der Waals surface area contributed by atoms with Crippen molar-refractivity contribution >= 4 is 17.4 Å². The van der Waals surface area contributed by atoms with Gasteiger partial charge in [-0.2, -0.15) is 0 Å². The molecule has 0 atom stereocenters. The molecule has 1 N–H and O–H groups in total. The molecular weight excluding hydrogens is 396 g/mol. The van der Waals surface area contributed by atoms with Gasteiger partial charge in [0.25, 0.3) is 5.91 Å². The summed E-state index contributed by atoms with van der Waals surface area (Å²) in [5.41, 5.74) is 2.38. The predicted octanol–water partition coefficient (Wildman–Crippen LogP) is 3.01. The van der Waals surface area contributed by atoms with Crippen molar-refractivity contribution in [2.45, 2.75) is 0 Å². The lowest BCUT2D eigenvalue weighted by atomic mass is 10.1. The Hall–Kier alpha value is -3.65. The first-order valence-electron chi connectivity index (χ1n) is 10.0. The highest BCUT2D eigenvalue weighted by atomic mass is 16.5. The molecule has 0 saturated carbocycles. The minimum Gasteiger partial charge on any atom is -0.497 e. The molecule has 3 aromatic rings. The summed E-state index contributed by atoms with van der Waals surface area (Å²) in [6.45, 7) is 2.97. The molecule has 2 heterocycles. The Kier molecular flexibility index (Phi) is 6.59. The third kappa shape index (κ3) is 5.49. The molecule has 1 saturated heterocycles. The molecule has 1 aliphatic rings. The van der Waals surface area contributed by atoms with Gasteiger partial charge >= 0.3 is 0 Å². The van der Waals surface area contributed by atoms with Crippen LogP contribution in [-0.2, 0) is 9.53 Å². The summed E-state index contributed by atoms with van der Waals surface area (Å²) in [5.74, 6) is 1.86. The highest BCUT2D eigenvalue weighted by Crippen LogP contribution is 2.22. The molecule has 31 heavy (non-hydrogen) atoms.